The molecule has 0 aromatic heterocycles. The van der Waals surface area contributed by atoms with Crippen molar-refractivity contribution in [2.75, 3.05) is 13.2 Å². The van der Waals surface area contributed by atoms with Crippen LogP contribution in [0.2, 0.25) is 0 Å². The fourth-order valence-electron chi connectivity index (χ4n) is 3.14. The highest BCUT2D eigenvalue weighted by molar-refractivity contribution is 5.65. The Bertz CT molecular complexity index is 359. The minimum Gasteiger partial charge on any atom is -0.465 e. The molecule has 2 N–H and O–H groups in total. The molecular formula is C15H27NO3. The summed E-state index contributed by atoms with van der Waals surface area (Å²) >= 11 is 0. The highest BCUT2D eigenvalue weighted by Crippen LogP contribution is 2.44. The van der Waals surface area contributed by atoms with Crippen LogP contribution in [-0.4, -0.2) is 40.4 Å². The lowest BCUT2D eigenvalue weighted by atomic mass is 9.67. The molecule has 1 aliphatic heterocycles. The Morgan fingerprint density at radius 3 is 2.42 bits per heavy atom. The van der Waals surface area contributed by atoms with Crippen molar-refractivity contribution in [3.63, 3.8) is 0 Å². The van der Waals surface area contributed by atoms with Crippen molar-refractivity contribution in [3.8, 4) is 0 Å². The Balaban J connectivity index is 3.00. The van der Waals surface area contributed by atoms with Crippen LogP contribution in [-0.2, 0) is 0 Å². The van der Waals surface area contributed by atoms with Crippen molar-refractivity contribution in [2.45, 2.75) is 53.0 Å². The van der Waals surface area contributed by atoms with Crippen molar-refractivity contribution >= 4 is 6.09 Å². The Morgan fingerprint density at radius 2 is 2.05 bits per heavy atom. The van der Waals surface area contributed by atoms with Gasteiger partial charge in [-0.15, -0.1) is 6.58 Å². The number of piperidine rings is 1. The SMILES string of the molecule is C=C(C)CC1(CO)CCN(C(=O)O)C(C(C)(C)C)C1. The molecule has 0 aromatic carbocycles. The van der Waals surface area contributed by atoms with Gasteiger partial charge in [-0.2, -0.15) is 0 Å². The van der Waals surface area contributed by atoms with E-state index in [2.05, 4.69) is 27.4 Å². The summed E-state index contributed by atoms with van der Waals surface area (Å²) in [5, 5.41) is 19.1. The van der Waals surface area contributed by atoms with E-state index in [-0.39, 0.29) is 23.5 Å². The summed E-state index contributed by atoms with van der Waals surface area (Å²) in [5.41, 5.74) is 0.704. The van der Waals surface area contributed by atoms with Gasteiger partial charge in [0.15, 0.2) is 0 Å². The average Bonchev–Trinajstić information content (AvgIpc) is 2.26. The predicted octanol–water partition coefficient (Wildman–Crippen LogP) is 3.12. The molecule has 1 fully saturated rings. The second-order valence-electron chi connectivity index (χ2n) is 7.10. The number of carbonyl (C=O) groups is 1. The molecule has 0 aromatic rings. The summed E-state index contributed by atoms with van der Waals surface area (Å²) in [4.78, 5) is 12.9. The van der Waals surface area contributed by atoms with Crippen LogP contribution < -0.4 is 0 Å². The third-order valence-corrected chi connectivity index (χ3v) is 4.14. The molecule has 4 nitrogen and oxygen atoms in total. The van der Waals surface area contributed by atoms with Gasteiger partial charge in [0, 0.05) is 24.6 Å². The normalized spacial score (nSPS) is 28.3. The van der Waals surface area contributed by atoms with Gasteiger partial charge in [-0.25, -0.2) is 4.79 Å². The summed E-state index contributed by atoms with van der Waals surface area (Å²) in [6.45, 7) is 12.7. The summed E-state index contributed by atoms with van der Waals surface area (Å²) in [6.07, 6.45) is 1.31. The molecular weight excluding hydrogens is 242 g/mol. The summed E-state index contributed by atoms with van der Waals surface area (Å²) < 4.78 is 0. The topological polar surface area (TPSA) is 60.8 Å². The molecule has 1 heterocycles. The molecule has 2 atom stereocenters. The largest absolute Gasteiger partial charge is 0.465 e. The Labute approximate surface area is 116 Å². The zero-order valence-electron chi connectivity index (χ0n) is 12.6. The number of hydrogen-bond acceptors (Lipinski definition) is 2. The van der Waals surface area contributed by atoms with E-state index in [1.165, 1.54) is 4.90 Å². The zero-order valence-corrected chi connectivity index (χ0v) is 12.6. The molecule has 0 bridgehead atoms. The number of hydrogen-bond donors (Lipinski definition) is 2. The monoisotopic (exact) mass is 269 g/mol. The highest BCUT2D eigenvalue weighted by Gasteiger charge is 2.45. The van der Waals surface area contributed by atoms with Gasteiger partial charge in [-0.05, 0) is 31.6 Å². The molecule has 2 unspecified atom stereocenters. The van der Waals surface area contributed by atoms with Crippen molar-refractivity contribution in [3.05, 3.63) is 12.2 Å². The van der Waals surface area contributed by atoms with Crippen LogP contribution in [0.5, 0.6) is 0 Å². The lowest BCUT2D eigenvalue weighted by Crippen LogP contribution is -2.55. The summed E-state index contributed by atoms with van der Waals surface area (Å²) in [5.74, 6) is 0. The van der Waals surface area contributed by atoms with Crippen molar-refractivity contribution in [2.24, 2.45) is 10.8 Å². The first-order chi connectivity index (χ1) is 8.61. The number of aliphatic hydroxyl groups is 1. The number of allylic oxidation sites excluding steroid dienone is 1. The van der Waals surface area contributed by atoms with E-state index in [9.17, 15) is 15.0 Å². The van der Waals surface area contributed by atoms with Crippen molar-refractivity contribution in [1.82, 2.24) is 4.90 Å². The standard InChI is InChI=1S/C15H27NO3/c1-11(2)8-15(10-17)6-7-16(13(18)19)12(9-15)14(3,4)5/h12,17H,1,6-10H2,2-5H3,(H,18,19). The van der Waals surface area contributed by atoms with E-state index in [1.807, 2.05) is 6.92 Å². The maximum atomic E-state index is 11.4. The fourth-order valence-corrected chi connectivity index (χ4v) is 3.14. The number of likely N-dealkylation sites (tertiary alicyclic amines) is 1. The summed E-state index contributed by atoms with van der Waals surface area (Å²) in [6, 6.07) is -0.0646. The maximum absolute atomic E-state index is 11.4. The van der Waals surface area contributed by atoms with Gasteiger partial charge in [-0.3, -0.25) is 0 Å². The molecule has 19 heavy (non-hydrogen) atoms. The van der Waals surface area contributed by atoms with E-state index in [4.69, 9.17) is 0 Å². The number of nitrogens with zero attached hydrogens (tertiary/aromatic N) is 1. The number of amides is 1. The van der Waals surface area contributed by atoms with Crippen molar-refractivity contribution in [1.29, 1.82) is 0 Å². The first kappa shape index (κ1) is 16.0. The molecule has 1 aliphatic rings. The molecule has 0 spiro atoms. The Hall–Kier alpha value is -1.03. The van der Waals surface area contributed by atoms with Crippen LogP contribution in [0, 0.1) is 10.8 Å². The maximum Gasteiger partial charge on any atom is 0.407 e. The van der Waals surface area contributed by atoms with Crippen LogP contribution in [0.15, 0.2) is 12.2 Å². The van der Waals surface area contributed by atoms with Gasteiger partial charge < -0.3 is 15.1 Å². The van der Waals surface area contributed by atoms with Gasteiger partial charge in [0.2, 0.25) is 0 Å². The Kier molecular flexibility index (Phi) is 4.67. The van der Waals surface area contributed by atoms with Gasteiger partial charge in [0.05, 0.1) is 0 Å². The molecule has 110 valence electrons. The molecule has 4 heteroatoms. The van der Waals surface area contributed by atoms with Crippen LogP contribution in [0.4, 0.5) is 4.79 Å². The molecule has 0 saturated carbocycles. The zero-order chi connectivity index (χ0) is 14.8. The number of rotatable bonds is 3. The molecule has 1 saturated heterocycles. The summed E-state index contributed by atoms with van der Waals surface area (Å²) in [7, 11) is 0. The third-order valence-electron chi connectivity index (χ3n) is 4.14. The molecule has 1 rings (SSSR count). The van der Waals surface area contributed by atoms with E-state index < -0.39 is 6.09 Å². The number of aliphatic hydroxyl groups excluding tert-OH is 1. The highest BCUT2D eigenvalue weighted by atomic mass is 16.4. The smallest absolute Gasteiger partial charge is 0.407 e. The molecule has 0 radical (unpaired) electrons. The van der Waals surface area contributed by atoms with Crippen LogP contribution >= 0.6 is 0 Å². The van der Waals surface area contributed by atoms with Crippen molar-refractivity contribution < 1.29 is 15.0 Å². The lowest BCUT2D eigenvalue weighted by Gasteiger charge is -2.49. The lowest BCUT2D eigenvalue weighted by molar-refractivity contribution is -0.0211. The Morgan fingerprint density at radius 1 is 1.47 bits per heavy atom. The van der Waals surface area contributed by atoms with Gasteiger partial charge >= 0.3 is 6.09 Å². The average molecular weight is 269 g/mol. The minimum atomic E-state index is -0.859. The number of carboxylic acid groups (broad SMARTS) is 1. The van der Waals surface area contributed by atoms with Crippen LogP contribution in [0.1, 0.15) is 47.0 Å². The van der Waals surface area contributed by atoms with Crippen LogP contribution in [0.3, 0.4) is 0 Å². The van der Waals surface area contributed by atoms with E-state index in [0.29, 0.717) is 19.4 Å². The third kappa shape index (κ3) is 3.72. The van der Waals surface area contributed by atoms with E-state index >= 15 is 0 Å². The molecule has 1 amide bonds. The van der Waals surface area contributed by atoms with Gasteiger partial charge in [-0.1, -0.05) is 26.3 Å². The second-order valence-corrected chi connectivity index (χ2v) is 7.10. The van der Waals surface area contributed by atoms with Gasteiger partial charge in [0.25, 0.3) is 0 Å². The van der Waals surface area contributed by atoms with Gasteiger partial charge in [0.1, 0.15) is 0 Å². The predicted molar refractivity (Wildman–Crippen MR) is 76.2 cm³/mol. The minimum absolute atomic E-state index is 0.0646. The second kappa shape index (κ2) is 5.53. The molecule has 0 aliphatic carbocycles. The van der Waals surface area contributed by atoms with Crippen LogP contribution in [0.25, 0.3) is 0 Å². The van der Waals surface area contributed by atoms with E-state index in [0.717, 1.165) is 12.0 Å². The fraction of sp³-hybridized carbons (Fsp3) is 0.800. The quantitative estimate of drug-likeness (QED) is 0.774. The first-order valence-electron chi connectivity index (χ1n) is 6.86. The van der Waals surface area contributed by atoms with E-state index in [1.54, 1.807) is 0 Å². The first-order valence-corrected chi connectivity index (χ1v) is 6.86.